The number of hydrogen-bond acceptors (Lipinski definition) is 8. The van der Waals surface area contributed by atoms with Crippen LogP contribution in [0.5, 0.6) is 0 Å². The van der Waals surface area contributed by atoms with Crippen molar-refractivity contribution < 1.29 is 39.6 Å². The van der Waals surface area contributed by atoms with Crippen LogP contribution < -0.4 is 0 Å². The summed E-state index contributed by atoms with van der Waals surface area (Å²) in [5, 5.41) is 32.1. The Hall–Kier alpha value is -3.68. The molecule has 2 aromatic rings. The predicted molar refractivity (Wildman–Crippen MR) is 164 cm³/mol. The Morgan fingerprint density at radius 3 is 1.88 bits per heavy atom. The van der Waals surface area contributed by atoms with Gasteiger partial charge in [0.15, 0.2) is 0 Å². The van der Waals surface area contributed by atoms with Crippen LogP contribution in [0, 0.1) is 0 Å². The van der Waals surface area contributed by atoms with Gasteiger partial charge in [0.05, 0.1) is 0 Å². The van der Waals surface area contributed by atoms with E-state index in [1.807, 2.05) is 17.8 Å². The number of fused-ring (bicyclic) bond motifs is 2. The highest BCUT2D eigenvalue weighted by molar-refractivity contribution is 7.99. The summed E-state index contributed by atoms with van der Waals surface area (Å²) in [5.74, 6) is -5.03. The van der Waals surface area contributed by atoms with E-state index in [0.29, 0.717) is 30.3 Å². The largest absolute Gasteiger partial charge is 0.478 e. The second-order valence-electron chi connectivity index (χ2n) is 9.81. The summed E-state index contributed by atoms with van der Waals surface area (Å²) < 4.78 is 0. The number of carbonyl (C=O) groups is 4. The van der Waals surface area contributed by atoms with Gasteiger partial charge in [-0.3, -0.25) is 9.80 Å². The van der Waals surface area contributed by atoms with E-state index in [0.717, 1.165) is 50.7 Å². The lowest BCUT2D eigenvalue weighted by atomic mass is 9.96. The molecule has 0 spiro atoms. The molecule has 2 aliphatic heterocycles. The molecule has 0 aliphatic carbocycles. The third kappa shape index (κ3) is 13.4. The first kappa shape index (κ1) is 35.5. The van der Waals surface area contributed by atoms with Crippen molar-refractivity contribution >= 4 is 47.2 Å². The summed E-state index contributed by atoms with van der Waals surface area (Å²) in [6, 6.07) is 15.7. The first-order valence-corrected chi connectivity index (χ1v) is 14.5. The molecule has 1 fully saturated rings. The Morgan fingerprint density at radius 2 is 1.37 bits per heavy atom. The molecule has 0 amide bonds. The van der Waals surface area contributed by atoms with Crippen LogP contribution in [0.1, 0.15) is 17.2 Å². The van der Waals surface area contributed by atoms with Crippen LogP contribution in [-0.4, -0.2) is 112 Å². The smallest absolute Gasteiger partial charge is 0.328 e. The minimum Gasteiger partial charge on any atom is -0.478 e. The van der Waals surface area contributed by atoms with E-state index in [-0.39, 0.29) is 0 Å². The number of carboxylic acid groups (broad SMARTS) is 4. The SMILES string of the molecule is CN(C)CCN1CCN(C2Cc3ccccc3Sc3ccc(Cl)cc32)CC1.O=C(O)/C=C/C(=O)O.O=C(O)/C=C/C(=O)O. The van der Waals surface area contributed by atoms with Crippen molar-refractivity contribution in [3.05, 3.63) is 82.9 Å². The molecule has 2 aliphatic rings. The number of aliphatic carboxylic acids is 4. The molecule has 1 unspecified atom stereocenters. The van der Waals surface area contributed by atoms with Crippen LogP contribution in [0.4, 0.5) is 0 Å². The molecule has 2 aromatic carbocycles. The van der Waals surface area contributed by atoms with E-state index < -0.39 is 23.9 Å². The molecule has 4 rings (SSSR count). The standard InChI is InChI=1S/C22H28ClN3S.2C4H4O4/c1-24(2)9-10-25-11-13-26(14-12-25)20-15-17-5-3-4-6-21(17)27-22-8-7-18(23)16-19(20)22;2*5-3(6)1-2-4(7)8/h3-8,16,20H,9-15H2,1-2H3;2*1-2H,(H,5,6)(H,7,8)/b;2*2-1+. The molecule has 43 heavy (non-hydrogen) atoms. The number of likely N-dealkylation sites (N-methyl/N-ethyl adjacent to an activating group) is 1. The normalized spacial score (nSPS) is 16.7. The Balaban J connectivity index is 0.000000334. The maximum atomic E-state index is 9.55. The van der Waals surface area contributed by atoms with E-state index in [4.69, 9.17) is 32.0 Å². The summed E-state index contributed by atoms with van der Waals surface area (Å²) in [6.07, 6.45) is 3.30. The molecule has 4 N–H and O–H groups in total. The minimum absolute atomic E-state index is 0.408. The molecule has 0 saturated carbocycles. The minimum atomic E-state index is -1.26. The predicted octanol–water partition coefficient (Wildman–Crippen LogP) is 3.69. The van der Waals surface area contributed by atoms with E-state index in [1.165, 1.54) is 20.9 Å². The number of nitrogens with zero attached hydrogens (tertiary/aromatic N) is 3. The molecule has 1 atom stereocenters. The van der Waals surface area contributed by atoms with Gasteiger partial charge in [-0.2, -0.15) is 0 Å². The van der Waals surface area contributed by atoms with Crippen molar-refractivity contribution in [2.75, 3.05) is 53.4 Å². The topological polar surface area (TPSA) is 159 Å². The number of carboxylic acids is 4. The monoisotopic (exact) mass is 633 g/mol. The van der Waals surface area contributed by atoms with Gasteiger partial charge >= 0.3 is 23.9 Å². The molecule has 0 aromatic heterocycles. The van der Waals surface area contributed by atoms with Crippen LogP contribution in [-0.2, 0) is 25.6 Å². The van der Waals surface area contributed by atoms with Crippen molar-refractivity contribution in [3.8, 4) is 0 Å². The molecular weight excluding hydrogens is 598 g/mol. The lowest BCUT2D eigenvalue weighted by Crippen LogP contribution is -2.49. The van der Waals surface area contributed by atoms with Crippen molar-refractivity contribution in [1.82, 2.24) is 14.7 Å². The third-order valence-corrected chi connectivity index (χ3v) is 7.83. The van der Waals surface area contributed by atoms with Gasteiger partial charge in [-0.25, -0.2) is 19.2 Å². The van der Waals surface area contributed by atoms with Crippen molar-refractivity contribution in [3.63, 3.8) is 0 Å². The third-order valence-electron chi connectivity index (χ3n) is 6.38. The van der Waals surface area contributed by atoms with Gasteiger partial charge < -0.3 is 25.3 Å². The molecule has 11 nitrogen and oxygen atoms in total. The van der Waals surface area contributed by atoms with Crippen molar-refractivity contribution in [2.45, 2.75) is 22.3 Å². The zero-order valence-electron chi connectivity index (χ0n) is 23.9. The second-order valence-corrected chi connectivity index (χ2v) is 11.3. The zero-order chi connectivity index (χ0) is 31.9. The fourth-order valence-electron chi connectivity index (χ4n) is 4.33. The molecule has 13 heteroatoms. The van der Waals surface area contributed by atoms with Gasteiger partial charge in [0, 0.05) is 84.4 Å². The fourth-order valence-corrected chi connectivity index (χ4v) is 5.63. The summed E-state index contributed by atoms with van der Waals surface area (Å²) in [6.45, 7) is 6.83. The summed E-state index contributed by atoms with van der Waals surface area (Å²) in [4.78, 5) is 48.5. The van der Waals surface area contributed by atoms with Crippen LogP contribution in [0.15, 0.2) is 76.6 Å². The van der Waals surface area contributed by atoms with E-state index in [9.17, 15) is 19.2 Å². The molecule has 1 saturated heterocycles. The molecule has 2 heterocycles. The van der Waals surface area contributed by atoms with Gasteiger partial charge in [0.25, 0.3) is 0 Å². The molecule has 0 radical (unpaired) electrons. The molecule has 232 valence electrons. The first-order valence-electron chi connectivity index (χ1n) is 13.3. The van der Waals surface area contributed by atoms with Gasteiger partial charge in [-0.15, -0.1) is 0 Å². The highest BCUT2D eigenvalue weighted by Gasteiger charge is 2.30. The Morgan fingerprint density at radius 1 is 0.837 bits per heavy atom. The van der Waals surface area contributed by atoms with E-state index in [1.54, 1.807) is 0 Å². The second kappa shape index (κ2) is 18.1. The zero-order valence-corrected chi connectivity index (χ0v) is 25.5. The quantitative estimate of drug-likeness (QED) is 0.313. The Bertz CT molecular complexity index is 1260. The Kier molecular flexibility index (Phi) is 14.9. The summed E-state index contributed by atoms with van der Waals surface area (Å²) >= 11 is 8.29. The average molecular weight is 634 g/mol. The number of piperazine rings is 1. The van der Waals surface area contributed by atoms with Gasteiger partial charge in [-0.1, -0.05) is 41.6 Å². The van der Waals surface area contributed by atoms with Crippen LogP contribution >= 0.6 is 23.4 Å². The number of benzene rings is 2. The van der Waals surface area contributed by atoms with Crippen LogP contribution in [0.3, 0.4) is 0 Å². The van der Waals surface area contributed by atoms with Gasteiger partial charge in [-0.05, 0) is 55.9 Å². The van der Waals surface area contributed by atoms with Gasteiger partial charge in [0.1, 0.15) is 0 Å². The van der Waals surface area contributed by atoms with Gasteiger partial charge in [0.2, 0.25) is 0 Å². The fraction of sp³-hybridized carbons (Fsp3) is 0.333. The van der Waals surface area contributed by atoms with Crippen LogP contribution in [0.25, 0.3) is 0 Å². The highest BCUT2D eigenvalue weighted by Crippen LogP contribution is 2.43. The summed E-state index contributed by atoms with van der Waals surface area (Å²) in [7, 11) is 4.30. The van der Waals surface area contributed by atoms with E-state index in [2.05, 4.69) is 65.2 Å². The number of hydrogen-bond donors (Lipinski definition) is 4. The first-order chi connectivity index (χ1) is 20.3. The molecular formula is C30H36ClN3O8S. The lowest BCUT2D eigenvalue weighted by Gasteiger charge is -2.40. The van der Waals surface area contributed by atoms with Crippen LogP contribution in [0.2, 0.25) is 5.02 Å². The van der Waals surface area contributed by atoms with Crippen molar-refractivity contribution in [2.24, 2.45) is 0 Å². The highest BCUT2D eigenvalue weighted by atomic mass is 35.5. The molecule has 0 bridgehead atoms. The maximum absolute atomic E-state index is 9.55. The Labute approximate surface area is 259 Å². The van der Waals surface area contributed by atoms with E-state index >= 15 is 0 Å². The number of rotatable bonds is 8. The van der Waals surface area contributed by atoms with Crippen molar-refractivity contribution in [1.29, 1.82) is 0 Å². The average Bonchev–Trinajstić information content (AvgIpc) is 3.11. The number of halogens is 1. The lowest BCUT2D eigenvalue weighted by molar-refractivity contribution is -0.134. The summed E-state index contributed by atoms with van der Waals surface area (Å²) in [5.41, 5.74) is 2.85. The maximum Gasteiger partial charge on any atom is 0.328 e.